The predicted molar refractivity (Wildman–Crippen MR) is 38.6 cm³/mol. The molecular formula is C7H15NO2. The summed E-state index contributed by atoms with van der Waals surface area (Å²) in [6.45, 7) is 2.34. The second kappa shape index (κ2) is 3.32. The fourth-order valence-electron chi connectivity index (χ4n) is 1.17. The van der Waals surface area contributed by atoms with Crippen molar-refractivity contribution in [2.45, 2.75) is 38.0 Å². The largest absolute Gasteiger partial charge is 0.391 e. The highest BCUT2D eigenvalue weighted by molar-refractivity contribution is 4.74. The molecule has 3 N–H and O–H groups in total. The molecular weight excluding hydrogens is 130 g/mol. The molecule has 1 fully saturated rings. The van der Waals surface area contributed by atoms with E-state index in [1.807, 2.05) is 0 Å². The standard InChI is InChI=1S/C7H15NO2/c1-5(9)7-3-2-6(8)4-10-7/h5-7,9H,2-4,8H2,1H3/t5-,6?,7+/m1/s1. The van der Waals surface area contributed by atoms with E-state index in [1.165, 1.54) is 0 Å². The van der Waals surface area contributed by atoms with Crippen molar-refractivity contribution in [2.24, 2.45) is 5.73 Å². The average molecular weight is 145 g/mol. The highest BCUT2D eigenvalue weighted by Gasteiger charge is 2.22. The van der Waals surface area contributed by atoms with Gasteiger partial charge in [0.05, 0.1) is 18.8 Å². The quantitative estimate of drug-likeness (QED) is 0.540. The van der Waals surface area contributed by atoms with E-state index in [-0.39, 0.29) is 18.2 Å². The lowest BCUT2D eigenvalue weighted by molar-refractivity contribution is -0.0608. The van der Waals surface area contributed by atoms with Gasteiger partial charge in [-0.1, -0.05) is 0 Å². The Morgan fingerprint density at radius 3 is 2.70 bits per heavy atom. The first-order valence-corrected chi connectivity index (χ1v) is 3.75. The molecule has 0 aromatic heterocycles. The fraction of sp³-hybridized carbons (Fsp3) is 1.00. The Kier molecular flexibility index (Phi) is 2.65. The number of ether oxygens (including phenoxy) is 1. The van der Waals surface area contributed by atoms with E-state index in [2.05, 4.69) is 0 Å². The van der Waals surface area contributed by atoms with Crippen LogP contribution in [-0.2, 0) is 4.74 Å². The van der Waals surface area contributed by atoms with Gasteiger partial charge in [-0.2, -0.15) is 0 Å². The lowest BCUT2D eigenvalue weighted by Crippen LogP contribution is -2.39. The molecule has 60 valence electrons. The van der Waals surface area contributed by atoms with Crippen LogP contribution in [0.25, 0.3) is 0 Å². The molecule has 3 heteroatoms. The van der Waals surface area contributed by atoms with Gasteiger partial charge >= 0.3 is 0 Å². The van der Waals surface area contributed by atoms with Crippen LogP contribution in [0.3, 0.4) is 0 Å². The van der Waals surface area contributed by atoms with Gasteiger partial charge in [-0.15, -0.1) is 0 Å². The van der Waals surface area contributed by atoms with Gasteiger partial charge in [0, 0.05) is 6.04 Å². The summed E-state index contributed by atoms with van der Waals surface area (Å²) in [5.74, 6) is 0. The summed E-state index contributed by atoms with van der Waals surface area (Å²) in [5.41, 5.74) is 5.59. The average Bonchev–Trinajstić information content (AvgIpc) is 1.88. The summed E-state index contributed by atoms with van der Waals surface area (Å²) >= 11 is 0. The molecule has 1 aliphatic rings. The van der Waals surface area contributed by atoms with Gasteiger partial charge < -0.3 is 15.6 Å². The third-order valence-corrected chi connectivity index (χ3v) is 1.88. The number of hydrogen-bond acceptors (Lipinski definition) is 3. The Hall–Kier alpha value is -0.120. The van der Waals surface area contributed by atoms with Crippen LogP contribution in [0.4, 0.5) is 0 Å². The number of nitrogens with two attached hydrogens (primary N) is 1. The van der Waals surface area contributed by atoms with Crippen LogP contribution in [-0.4, -0.2) is 30.0 Å². The van der Waals surface area contributed by atoms with Gasteiger partial charge in [0.2, 0.25) is 0 Å². The minimum absolute atomic E-state index is 0.0137. The van der Waals surface area contributed by atoms with Crippen LogP contribution in [0.5, 0.6) is 0 Å². The Labute approximate surface area is 61.2 Å². The van der Waals surface area contributed by atoms with Crippen molar-refractivity contribution in [3.63, 3.8) is 0 Å². The third kappa shape index (κ3) is 1.94. The van der Waals surface area contributed by atoms with Gasteiger partial charge in [-0.25, -0.2) is 0 Å². The molecule has 0 aromatic rings. The summed E-state index contributed by atoms with van der Waals surface area (Å²) in [6, 6.07) is 0.176. The first-order chi connectivity index (χ1) is 4.70. The van der Waals surface area contributed by atoms with Crippen LogP contribution in [0.2, 0.25) is 0 Å². The highest BCUT2D eigenvalue weighted by atomic mass is 16.5. The molecule has 0 aromatic carbocycles. The molecule has 0 aliphatic carbocycles. The fourth-order valence-corrected chi connectivity index (χ4v) is 1.17. The van der Waals surface area contributed by atoms with E-state index < -0.39 is 0 Å². The predicted octanol–water partition coefficient (Wildman–Crippen LogP) is -0.127. The number of rotatable bonds is 1. The van der Waals surface area contributed by atoms with Gasteiger partial charge in [-0.3, -0.25) is 0 Å². The van der Waals surface area contributed by atoms with Crippen LogP contribution >= 0.6 is 0 Å². The molecule has 1 unspecified atom stereocenters. The van der Waals surface area contributed by atoms with Gasteiger partial charge in [-0.05, 0) is 19.8 Å². The molecule has 1 aliphatic heterocycles. The second-order valence-electron chi connectivity index (χ2n) is 2.95. The van der Waals surface area contributed by atoms with Crippen LogP contribution in [0.15, 0.2) is 0 Å². The molecule has 1 heterocycles. The normalized spacial score (nSPS) is 37.5. The zero-order chi connectivity index (χ0) is 7.56. The first-order valence-electron chi connectivity index (χ1n) is 3.75. The van der Waals surface area contributed by atoms with E-state index in [0.29, 0.717) is 6.61 Å². The van der Waals surface area contributed by atoms with E-state index in [4.69, 9.17) is 15.6 Å². The molecule has 1 saturated heterocycles. The van der Waals surface area contributed by atoms with Crippen molar-refractivity contribution in [1.29, 1.82) is 0 Å². The van der Waals surface area contributed by atoms with Gasteiger partial charge in [0.15, 0.2) is 0 Å². The van der Waals surface area contributed by atoms with Crippen molar-refractivity contribution < 1.29 is 9.84 Å². The lowest BCUT2D eigenvalue weighted by atomic mass is 10.0. The van der Waals surface area contributed by atoms with Crippen molar-refractivity contribution in [3.8, 4) is 0 Å². The molecule has 3 atom stereocenters. The van der Waals surface area contributed by atoms with E-state index in [1.54, 1.807) is 6.92 Å². The third-order valence-electron chi connectivity index (χ3n) is 1.88. The second-order valence-corrected chi connectivity index (χ2v) is 2.95. The Balaban J connectivity index is 2.26. The first kappa shape index (κ1) is 7.98. The number of hydrogen-bond donors (Lipinski definition) is 2. The molecule has 0 saturated carbocycles. The summed E-state index contributed by atoms with van der Waals surface area (Å²) in [7, 11) is 0. The van der Waals surface area contributed by atoms with Gasteiger partial charge in [0.1, 0.15) is 0 Å². The Morgan fingerprint density at radius 2 is 2.30 bits per heavy atom. The highest BCUT2D eigenvalue weighted by Crippen LogP contribution is 2.14. The van der Waals surface area contributed by atoms with Crippen LogP contribution < -0.4 is 5.73 Å². The number of aliphatic hydroxyl groups excluding tert-OH is 1. The molecule has 0 bridgehead atoms. The smallest absolute Gasteiger partial charge is 0.0832 e. The maximum absolute atomic E-state index is 9.10. The Bertz CT molecular complexity index is 97.8. The maximum Gasteiger partial charge on any atom is 0.0832 e. The molecule has 1 rings (SSSR count). The lowest BCUT2D eigenvalue weighted by Gasteiger charge is -2.28. The minimum atomic E-state index is -0.354. The summed E-state index contributed by atoms with van der Waals surface area (Å²) in [5, 5.41) is 9.10. The Morgan fingerprint density at radius 1 is 1.60 bits per heavy atom. The van der Waals surface area contributed by atoms with Gasteiger partial charge in [0.25, 0.3) is 0 Å². The van der Waals surface area contributed by atoms with Crippen molar-refractivity contribution in [1.82, 2.24) is 0 Å². The van der Waals surface area contributed by atoms with Crippen molar-refractivity contribution in [2.75, 3.05) is 6.61 Å². The zero-order valence-electron chi connectivity index (χ0n) is 6.29. The van der Waals surface area contributed by atoms with Crippen molar-refractivity contribution in [3.05, 3.63) is 0 Å². The minimum Gasteiger partial charge on any atom is -0.391 e. The molecule has 0 amide bonds. The van der Waals surface area contributed by atoms with Crippen LogP contribution in [0.1, 0.15) is 19.8 Å². The molecule has 0 radical (unpaired) electrons. The van der Waals surface area contributed by atoms with E-state index >= 15 is 0 Å². The zero-order valence-corrected chi connectivity index (χ0v) is 6.29. The summed E-state index contributed by atoms with van der Waals surface area (Å²) in [6.07, 6.45) is 1.52. The summed E-state index contributed by atoms with van der Waals surface area (Å²) in [4.78, 5) is 0. The van der Waals surface area contributed by atoms with E-state index in [0.717, 1.165) is 12.8 Å². The molecule has 3 nitrogen and oxygen atoms in total. The van der Waals surface area contributed by atoms with Crippen molar-refractivity contribution >= 4 is 0 Å². The maximum atomic E-state index is 9.10. The SMILES string of the molecule is C[C@@H](O)[C@@H]1CCC(N)CO1. The number of aliphatic hydroxyl groups is 1. The topological polar surface area (TPSA) is 55.5 Å². The monoisotopic (exact) mass is 145 g/mol. The van der Waals surface area contributed by atoms with Crippen LogP contribution in [0, 0.1) is 0 Å². The molecule has 0 spiro atoms. The molecule has 10 heavy (non-hydrogen) atoms. The van der Waals surface area contributed by atoms with E-state index in [9.17, 15) is 0 Å². The summed E-state index contributed by atoms with van der Waals surface area (Å²) < 4.78 is 5.28.